The summed E-state index contributed by atoms with van der Waals surface area (Å²) in [5.41, 5.74) is 5.97. The van der Waals surface area contributed by atoms with Crippen LogP contribution in [-0.2, 0) is 12.8 Å². The van der Waals surface area contributed by atoms with Crippen molar-refractivity contribution in [3.63, 3.8) is 0 Å². The van der Waals surface area contributed by atoms with Gasteiger partial charge in [-0.3, -0.25) is 0 Å². The summed E-state index contributed by atoms with van der Waals surface area (Å²) in [5.74, 6) is 0. The van der Waals surface area contributed by atoms with Crippen LogP contribution in [0.5, 0.6) is 0 Å². The van der Waals surface area contributed by atoms with E-state index in [1.165, 1.54) is 61.1 Å². The average molecular weight is 391 g/mol. The van der Waals surface area contributed by atoms with Crippen LogP contribution < -0.4 is 10.4 Å². The highest BCUT2D eigenvalue weighted by Gasteiger charge is 2.19. The lowest BCUT2D eigenvalue weighted by Gasteiger charge is -2.22. The number of fused-ring (bicyclic) bond motifs is 5. The zero-order valence-corrected chi connectivity index (χ0v) is 17.1. The Labute approximate surface area is 175 Å². The molecule has 3 aromatic rings. The molecule has 0 N–H and O–H groups in total. The van der Waals surface area contributed by atoms with E-state index < -0.39 is 0 Å². The van der Waals surface area contributed by atoms with Gasteiger partial charge in [0.2, 0.25) is 0 Å². The maximum Gasteiger partial charge on any atom is 0.0194 e. The van der Waals surface area contributed by atoms with E-state index >= 15 is 0 Å². The molecule has 0 saturated carbocycles. The van der Waals surface area contributed by atoms with Gasteiger partial charge in [0.05, 0.1) is 0 Å². The fourth-order valence-corrected chi connectivity index (χ4v) is 6.10. The van der Waals surface area contributed by atoms with Crippen molar-refractivity contribution in [2.45, 2.75) is 30.6 Å². The molecule has 140 valence electrons. The normalized spacial score (nSPS) is 16.6. The SMILES string of the molecule is C1=Cc2ccccc2SC(C2=c3ccc4c(c3CCC2)CC=c2ccccc2=4)=C1. The second-order valence-electron chi connectivity index (χ2n) is 7.98. The Morgan fingerprint density at radius 1 is 0.724 bits per heavy atom. The molecular weight excluding hydrogens is 368 g/mol. The Morgan fingerprint density at radius 2 is 1.59 bits per heavy atom. The molecule has 0 atom stereocenters. The van der Waals surface area contributed by atoms with Gasteiger partial charge in [0.25, 0.3) is 0 Å². The van der Waals surface area contributed by atoms with Gasteiger partial charge in [-0.25, -0.2) is 0 Å². The molecule has 0 aromatic heterocycles. The molecule has 0 saturated heterocycles. The first-order valence-corrected chi connectivity index (χ1v) is 11.3. The fraction of sp³-hybridized carbons (Fsp3) is 0.143. The van der Waals surface area contributed by atoms with Crippen molar-refractivity contribution in [2.24, 2.45) is 0 Å². The first-order chi connectivity index (χ1) is 14.4. The van der Waals surface area contributed by atoms with Gasteiger partial charge in [0, 0.05) is 9.80 Å². The van der Waals surface area contributed by atoms with Gasteiger partial charge < -0.3 is 0 Å². The van der Waals surface area contributed by atoms with E-state index in [1.807, 2.05) is 11.8 Å². The topological polar surface area (TPSA) is 0 Å². The van der Waals surface area contributed by atoms with Crippen LogP contribution in [0.4, 0.5) is 0 Å². The number of rotatable bonds is 1. The third kappa shape index (κ3) is 2.84. The van der Waals surface area contributed by atoms with Crippen molar-refractivity contribution in [1.82, 2.24) is 0 Å². The zero-order chi connectivity index (χ0) is 19.2. The fourth-order valence-electron chi connectivity index (χ4n) is 4.98. The first kappa shape index (κ1) is 17.1. The van der Waals surface area contributed by atoms with Gasteiger partial charge in [-0.1, -0.05) is 84.6 Å². The minimum absolute atomic E-state index is 1.05. The maximum absolute atomic E-state index is 2.41. The van der Waals surface area contributed by atoms with Crippen LogP contribution in [0.2, 0.25) is 0 Å². The lowest BCUT2D eigenvalue weighted by atomic mass is 9.85. The molecule has 0 bridgehead atoms. The molecule has 1 heteroatoms. The maximum atomic E-state index is 2.41. The highest BCUT2D eigenvalue weighted by atomic mass is 32.2. The Hall–Kier alpha value is -2.77. The lowest BCUT2D eigenvalue weighted by molar-refractivity contribution is 0.811. The van der Waals surface area contributed by atoms with Crippen molar-refractivity contribution in [1.29, 1.82) is 0 Å². The first-order valence-electron chi connectivity index (χ1n) is 10.5. The van der Waals surface area contributed by atoms with Crippen molar-refractivity contribution in [3.05, 3.63) is 115 Å². The van der Waals surface area contributed by atoms with Crippen LogP contribution in [-0.4, -0.2) is 0 Å². The van der Waals surface area contributed by atoms with E-state index in [0.717, 1.165) is 6.42 Å². The van der Waals surface area contributed by atoms with E-state index in [9.17, 15) is 0 Å². The molecule has 0 radical (unpaired) electrons. The second-order valence-corrected chi connectivity index (χ2v) is 9.06. The molecule has 0 amide bonds. The quantitative estimate of drug-likeness (QED) is 0.529. The summed E-state index contributed by atoms with van der Waals surface area (Å²) in [5, 5.41) is 5.69. The minimum Gasteiger partial charge on any atom is -0.0892 e. The van der Waals surface area contributed by atoms with Crippen LogP contribution in [0.3, 0.4) is 0 Å². The Bertz CT molecular complexity index is 1420. The third-order valence-electron chi connectivity index (χ3n) is 6.35. The zero-order valence-electron chi connectivity index (χ0n) is 16.3. The number of thioether (sulfide) groups is 1. The molecule has 6 rings (SSSR count). The van der Waals surface area contributed by atoms with E-state index in [-0.39, 0.29) is 0 Å². The molecule has 3 aliphatic rings. The molecule has 1 aliphatic heterocycles. The highest BCUT2D eigenvalue weighted by Crippen LogP contribution is 2.39. The van der Waals surface area contributed by atoms with Gasteiger partial charge in [-0.15, -0.1) is 0 Å². The third-order valence-corrected chi connectivity index (χ3v) is 7.54. The van der Waals surface area contributed by atoms with Crippen molar-refractivity contribution >= 4 is 29.5 Å². The average Bonchev–Trinajstić information content (AvgIpc) is 3.00. The van der Waals surface area contributed by atoms with E-state index in [4.69, 9.17) is 0 Å². The number of hydrogen-bond acceptors (Lipinski definition) is 1. The number of benzene rings is 3. The largest absolute Gasteiger partial charge is 0.0892 e. The minimum atomic E-state index is 1.05. The van der Waals surface area contributed by atoms with E-state index in [1.54, 1.807) is 11.1 Å². The lowest BCUT2D eigenvalue weighted by Crippen LogP contribution is -2.23. The Morgan fingerprint density at radius 3 is 2.59 bits per heavy atom. The summed E-state index contributed by atoms with van der Waals surface area (Å²) in [7, 11) is 0. The van der Waals surface area contributed by atoms with Gasteiger partial charge >= 0.3 is 0 Å². The molecule has 29 heavy (non-hydrogen) atoms. The van der Waals surface area contributed by atoms with Gasteiger partial charge in [0.15, 0.2) is 0 Å². The summed E-state index contributed by atoms with van der Waals surface area (Å²) < 4.78 is 0. The molecule has 0 fully saturated rings. The molecule has 3 aromatic carbocycles. The second kappa shape index (κ2) is 6.93. The van der Waals surface area contributed by atoms with Crippen LogP contribution in [0, 0.1) is 10.4 Å². The standard InChI is InChI=1S/C28H22S/c1-3-10-21-19(7-1)15-16-24-22-11-6-12-26(25(22)18-17-23(21)24)28-14-5-9-20-8-2-4-13-27(20)29-28/h1-5,7-10,13-15,17-18H,6,11-12,16H2. The van der Waals surface area contributed by atoms with Crippen LogP contribution >= 0.6 is 11.8 Å². The predicted molar refractivity (Wildman–Crippen MR) is 124 cm³/mol. The van der Waals surface area contributed by atoms with Gasteiger partial charge in [-0.2, -0.15) is 0 Å². The van der Waals surface area contributed by atoms with Crippen LogP contribution in [0.1, 0.15) is 29.5 Å². The Kier molecular flexibility index (Phi) is 4.09. The monoisotopic (exact) mass is 390 g/mol. The highest BCUT2D eigenvalue weighted by molar-refractivity contribution is 8.03. The molecule has 1 heterocycles. The van der Waals surface area contributed by atoms with Crippen molar-refractivity contribution in [3.8, 4) is 0 Å². The van der Waals surface area contributed by atoms with E-state index in [2.05, 4.69) is 85.0 Å². The summed E-state index contributed by atoms with van der Waals surface area (Å²) in [6, 6.07) is 22.3. The van der Waals surface area contributed by atoms with E-state index in [0.29, 0.717) is 0 Å². The molecule has 2 aliphatic carbocycles. The van der Waals surface area contributed by atoms with Gasteiger partial charge in [-0.05, 0) is 81.0 Å². The van der Waals surface area contributed by atoms with Gasteiger partial charge in [0.1, 0.15) is 0 Å². The molecule has 0 spiro atoms. The summed E-state index contributed by atoms with van der Waals surface area (Å²) in [4.78, 5) is 2.76. The molecule has 0 unspecified atom stereocenters. The van der Waals surface area contributed by atoms with Crippen LogP contribution in [0.15, 0.2) is 82.6 Å². The molecular formula is C28H22S. The predicted octanol–water partition coefficient (Wildman–Crippen LogP) is 5.50. The van der Waals surface area contributed by atoms with Crippen molar-refractivity contribution < 1.29 is 0 Å². The smallest absolute Gasteiger partial charge is 0.0194 e. The molecule has 0 nitrogen and oxygen atoms in total. The van der Waals surface area contributed by atoms with Crippen molar-refractivity contribution in [2.75, 3.05) is 0 Å². The summed E-state index contributed by atoms with van der Waals surface area (Å²) in [6.45, 7) is 0. The number of hydrogen-bond donors (Lipinski definition) is 0. The number of allylic oxidation sites excluding steroid dienone is 3. The Balaban J connectivity index is 1.59. The summed E-state index contributed by atoms with van der Waals surface area (Å²) >= 11 is 1.93. The summed E-state index contributed by atoms with van der Waals surface area (Å²) in [6.07, 6.45) is 13.8. The van der Waals surface area contributed by atoms with Crippen LogP contribution in [0.25, 0.3) is 17.7 Å².